The first-order valence-corrected chi connectivity index (χ1v) is 8.73. The molecule has 1 saturated heterocycles. The van der Waals surface area contributed by atoms with Crippen LogP contribution in [-0.4, -0.2) is 56.2 Å². The van der Waals surface area contributed by atoms with Gasteiger partial charge in [0, 0.05) is 25.3 Å². The highest BCUT2D eigenvalue weighted by Gasteiger charge is 2.38. The van der Waals surface area contributed by atoms with Crippen LogP contribution in [-0.2, 0) is 9.53 Å². The molecule has 1 saturated carbocycles. The maximum atomic E-state index is 12.4. The second-order valence-electron chi connectivity index (χ2n) is 7.51. The smallest absolute Gasteiger partial charge is 0.237 e. The van der Waals surface area contributed by atoms with Crippen molar-refractivity contribution >= 4 is 30.7 Å². The third kappa shape index (κ3) is 6.03. The lowest BCUT2D eigenvalue weighted by Gasteiger charge is -2.45. The second-order valence-corrected chi connectivity index (χ2v) is 7.51. The average Bonchev–Trinajstić information content (AvgIpc) is 2.52. The first-order chi connectivity index (χ1) is 10.4. The normalized spacial score (nSPS) is 29.3. The zero-order valence-electron chi connectivity index (χ0n) is 15.3. The number of likely N-dealkylation sites (N-methyl/N-ethyl adjacent to an activating group) is 1. The number of rotatable bonds is 5. The summed E-state index contributed by atoms with van der Waals surface area (Å²) in [5.41, 5.74) is 6.26. The molecule has 3 unspecified atom stereocenters. The minimum Gasteiger partial charge on any atom is -0.381 e. The van der Waals surface area contributed by atoms with E-state index in [1.54, 1.807) is 0 Å². The van der Waals surface area contributed by atoms with E-state index in [1.165, 1.54) is 12.8 Å². The molecule has 1 aliphatic carbocycles. The molecule has 0 bridgehead atoms. The summed E-state index contributed by atoms with van der Waals surface area (Å²) in [7, 11) is 4.26. The van der Waals surface area contributed by atoms with Crippen LogP contribution in [0.15, 0.2) is 0 Å². The number of carbonyl (C=O) groups excluding carboxylic acids is 1. The van der Waals surface area contributed by atoms with Crippen LogP contribution >= 0.6 is 24.8 Å². The van der Waals surface area contributed by atoms with Crippen LogP contribution in [0.1, 0.15) is 45.4 Å². The Morgan fingerprint density at radius 1 is 1.29 bits per heavy atom. The van der Waals surface area contributed by atoms with Crippen LogP contribution in [0.4, 0.5) is 0 Å². The van der Waals surface area contributed by atoms with E-state index in [0.29, 0.717) is 6.54 Å². The van der Waals surface area contributed by atoms with E-state index in [4.69, 9.17) is 10.5 Å². The van der Waals surface area contributed by atoms with Crippen LogP contribution in [0.5, 0.6) is 0 Å². The van der Waals surface area contributed by atoms with Gasteiger partial charge in [-0.15, -0.1) is 24.8 Å². The SMILES string of the molecule is CC1CCCC(CNC(=O)C(N)C2CCOCC2)(N(C)C)C1.Cl.Cl. The minimum atomic E-state index is -0.399. The average molecular weight is 384 g/mol. The summed E-state index contributed by atoms with van der Waals surface area (Å²) in [5.74, 6) is 0.984. The largest absolute Gasteiger partial charge is 0.381 e. The van der Waals surface area contributed by atoms with E-state index in [-0.39, 0.29) is 42.2 Å². The first-order valence-electron chi connectivity index (χ1n) is 8.73. The zero-order chi connectivity index (χ0) is 16.2. The molecule has 24 heavy (non-hydrogen) atoms. The minimum absolute atomic E-state index is 0. The van der Waals surface area contributed by atoms with E-state index in [9.17, 15) is 4.79 Å². The number of nitrogens with zero attached hydrogens (tertiary/aromatic N) is 1. The van der Waals surface area contributed by atoms with Gasteiger partial charge in [0.25, 0.3) is 0 Å². The molecule has 5 nitrogen and oxygen atoms in total. The van der Waals surface area contributed by atoms with Crippen molar-refractivity contribution in [3.8, 4) is 0 Å². The molecular weight excluding hydrogens is 349 g/mol. The van der Waals surface area contributed by atoms with Gasteiger partial charge in [-0.25, -0.2) is 0 Å². The van der Waals surface area contributed by atoms with Gasteiger partial charge in [0.1, 0.15) is 0 Å². The molecule has 0 radical (unpaired) electrons. The fraction of sp³-hybridized carbons (Fsp3) is 0.941. The molecule has 3 atom stereocenters. The summed E-state index contributed by atoms with van der Waals surface area (Å²) in [6, 6.07) is -0.399. The van der Waals surface area contributed by atoms with Crippen molar-refractivity contribution in [3.63, 3.8) is 0 Å². The summed E-state index contributed by atoms with van der Waals surface area (Å²) >= 11 is 0. The third-order valence-electron chi connectivity index (χ3n) is 5.68. The summed E-state index contributed by atoms with van der Waals surface area (Å²) in [4.78, 5) is 14.7. The number of carbonyl (C=O) groups is 1. The Kier molecular flexibility index (Phi) is 10.8. The van der Waals surface area contributed by atoms with Crippen LogP contribution in [0.3, 0.4) is 0 Å². The molecule has 1 aliphatic heterocycles. The molecule has 7 heteroatoms. The van der Waals surface area contributed by atoms with Crippen molar-refractivity contribution in [2.45, 2.75) is 57.0 Å². The lowest BCUT2D eigenvalue weighted by Crippen LogP contribution is -2.57. The molecule has 0 aromatic rings. The van der Waals surface area contributed by atoms with Crippen molar-refractivity contribution in [2.75, 3.05) is 33.9 Å². The fourth-order valence-electron chi connectivity index (χ4n) is 4.02. The van der Waals surface area contributed by atoms with Gasteiger partial charge in [-0.3, -0.25) is 4.79 Å². The van der Waals surface area contributed by atoms with Gasteiger partial charge in [0.15, 0.2) is 0 Å². The molecule has 2 rings (SSSR count). The summed E-state index contributed by atoms with van der Waals surface area (Å²) in [6.45, 7) is 4.47. The van der Waals surface area contributed by atoms with E-state index in [1.807, 2.05) is 0 Å². The summed E-state index contributed by atoms with van der Waals surface area (Å²) in [6.07, 6.45) is 6.62. The Morgan fingerprint density at radius 3 is 2.46 bits per heavy atom. The molecule has 144 valence electrons. The van der Waals surface area contributed by atoms with Crippen LogP contribution in [0.25, 0.3) is 0 Å². The van der Waals surface area contributed by atoms with Gasteiger partial charge in [-0.05, 0) is 51.6 Å². The van der Waals surface area contributed by atoms with Gasteiger partial charge in [0.05, 0.1) is 6.04 Å². The molecule has 0 aromatic heterocycles. The molecule has 2 aliphatic rings. The van der Waals surface area contributed by atoms with Crippen LogP contribution < -0.4 is 11.1 Å². The zero-order valence-corrected chi connectivity index (χ0v) is 16.9. The van der Waals surface area contributed by atoms with Crippen molar-refractivity contribution in [1.29, 1.82) is 0 Å². The summed E-state index contributed by atoms with van der Waals surface area (Å²) in [5, 5.41) is 3.15. The lowest BCUT2D eigenvalue weighted by molar-refractivity contribution is -0.125. The molecular formula is C17H35Cl2N3O2. The molecule has 3 N–H and O–H groups in total. The number of nitrogens with one attached hydrogen (secondary N) is 1. The standard InChI is InChI=1S/C17H33N3O2.2ClH/c1-13-5-4-8-17(11-13,20(2)3)12-19-16(21)15(18)14-6-9-22-10-7-14;;/h13-15H,4-12,18H2,1-3H3,(H,19,21);2*1H. The Hall–Kier alpha value is -0.0700. The topological polar surface area (TPSA) is 67.6 Å². The second kappa shape index (κ2) is 10.8. The number of nitrogens with two attached hydrogens (primary N) is 1. The predicted octanol–water partition coefficient (Wildman–Crippen LogP) is 2.21. The molecule has 1 amide bonds. The highest BCUT2D eigenvalue weighted by atomic mass is 35.5. The van der Waals surface area contributed by atoms with Gasteiger partial charge in [0.2, 0.25) is 5.91 Å². The number of amides is 1. The van der Waals surface area contributed by atoms with E-state index in [0.717, 1.165) is 44.8 Å². The Labute approximate surface area is 159 Å². The first kappa shape index (κ1) is 23.9. The third-order valence-corrected chi connectivity index (χ3v) is 5.68. The van der Waals surface area contributed by atoms with Gasteiger partial charge < -0.3 is 20.7 Å². The van der Waals surface area contributed by atoms with Crippen molar-refractivity contribution in [3.05, 3.63) is 0 Å². The van der Waals surface area contributed by atoms with Gasteiger partial charge >= 0.3 is 0 Å². The summed E-state index contributed by atoms with van der Waals surface area (Å²) < 4.78 is 5.35. The van der Waals surface area contributed by atoms with Crippen LogP contribution in [0, 0.1) is 11.8 Å². The molecule has 0 aromatic carbocycles. The number of ether oxygens (including phenoxy) is 1. The van der Waals surface area contributed by atoms with Crippen molar-refractivity contribution in [2.24, 2.45) is 17.6 Å². The Morgan fingerprint density at radius 2 is 1.92 bits per heavy atom. The molecule has 2 fully saturated rings. The van der Waals surface area contributed by atoms with Gasteiger partial charge in [-0.1, -0.05) is 19.8 Å². The van der Waals surface area contributed by atoms with E-state index in [2.05, 4.69) is 31.2 Å². The van der Waals surface area contributed by atoms with Gasteiger partial charge in [-0.2, -0.15) is 0 Å². The highest BCUT2D eigenvalue weighted by molar-refractivity contribution is 5.85. The molecule has 1 heterocycles. The number of hydrogen-bond donors (Lipinski definition) is 2. The highest BCUT2D eigenvalue weighted by Crippen LogP contribution is 2.35. The van der Waals surface area contributed by atoms with E-state index < -0.39 is 6.04 Å². The Balaban J connectivity index is 0.00000264. The number of hydrogen-bond acceptors (Lipinski definition) is 4. The predicted molar refractivity (Wildman–Crippen MR) is 103 cm³/mol. The Bertz CT molecular complexity index is 379. The number of halogens is 2. The molecule has 0 spiro atoms. The maximum Gasteiger partial charge on any atom is 0.237 e. The monoisotopic (exact) mass is 383 g/mol. The quantitative estimate of drug-likeness (QED) is 0.763. The van der Waals surface area contributed by atoms with Crippen molar-refractivity contribution in [1.82, 2.24) is 10.2 Å². The van der Waals surface area contributed by atoms with Crippen molar-refractivity contribution < 1.29 is 9.53 Å². The lowest BCUT2D eigenvalue weighted by atomic mass is 9.75. The maximum absolute atomic E-state index is 12.4. The van der Waals surface area contributed by atoms with E-state index >= 15 is 0 Å². The van der Waals surface area contributed by atoms with Crippen LogP contribution in [0.2, 0.25) is 0 Å². The fourth-order valence-corrected chi connectivity index (χ4v) is 4.02.